The van der Waals surface area contributed by atoms with Gasteiger partial charge in [0.25, 0.3) is 0 Å². The minimum Gasteiger partial charge on any atom is -0.409 e. The van der Waals surface area contributed by atoms with Crippen LogP contribution in [0.1, 0.15) is 26.7 Å². The molecule has 0 radical (unpaired) electrons. The van der Waals surface area contributed by atoms with Gasteiger partial charge < -0.3 is 16.3 Å². The Kier molecular flexibility index (Phi) is 7.26. The minimum absolute atomic E-state index is 0.216. The topological polar surface area (TPSA) is 70.6 Å². The highest BCUT2D eigenvalue weighted by Gasteiger charge is 2.22. The average molecular weight is 291 g/mol. The van der Waals surface area contributed by atoms with Crippen LogP contribution in [0.5, 0.6) is 0 Å². The van der Waals surface area contributed by atoms with Gasteiger partial charge in [0.2, 0.25) is 0 Å². The molecule has 1 unspecified atom stereocenters. The molecule has 1 fully saturated rings. The van der Waals surface area contributed by atoms with Gasteiger partial charge in [-0.1, -0.05) is 19.0 Å². The van der Waals surface area contributed by atoms with E-state index in [9.17, 15) is 0 Å². The molecule has 0 aromatic heterocycles. The second kappa shape index (κ2) is 8.17. The van der Waals surface area contributed by atoms with E-state index in [0.29, 0.717) is 5.84 Å². The van der Waals surface area contributed by atoms with E-state index in [2.05, 4.69) is 34.0 Å². The summed E-state index contributed by atoms with van der Waals surface area (Å²) in [5.74, 6) is 4.18. The largest absolute Gasteiger partial charge is 0.409 e. The summed E-state index contributed by atoms with van der Waals surface area (Å²) in [7, 11) is 0. The van der Waals surface area contributed by atoms with Crippen LogP contribution < -0.4 is 11.1 Å². The number of nitrogens with one attached hydrogen (secondary N) is 1. The number of nitrogens with two attached hydrogens (primary N) is 1. The summed E-state index contributed by atoms with van der Waals surface area (Å²) in [5, 5.41) is 16.1. The fourth-order valence-corrected chi connectivity index (χ4v) is 4.48. The van der Waals surface area contributed by atoms with Crippen molar-refractivity contribution in [1.82, 2.24) is 5.32 Å². The van der Waals surface area contributed by atoms with Crippen LogP contribution in [0.25, 0.3) is 0 Å². The Morgan fingerprint density at radius 1 is 1.50 bits per heavy atom. The smallest absolute Gasteiger partial charge is 0.144 e. The summed E-state index contributed by atoms with van der Waals surface area (Å²) in [6.07, 6.45) is 1.98. The highest BCUT2D eigenvalue weighted by Crippen LogP contribution is 2.24. The molecule has 18 heavy (non-hydrogen) atoms. The van der Waals surface area contributed by atoms with Crippen molar-refractivity contribution in [3.05, 3.63) is 0 Å². The first kappa shape index (κ1) is 16.0. The maximum absolute atomic E-state index is 8.69. The summed E-state index contributed by atoms with van der Waals surface area (Å²) in [6, 6.07) is 0. The van der Waals surface area contributed by atoms with Crippen LogP contribution in [0.3, 0.4) is 0 Å². The Morgan fingerprint density at radius 2 is 2.28 bits per heavy atom. The molecule has 1 aliphatic rings. The van der Waals surface area contributed by atoms with Gasteiger partial charge >= 0.3 is 0 Å². The highest BCUT2D eigenvalue weighted by molar-refractivity contribution is 8.06. The van der Waals surface area contributed by atoms with Gasteiger partial charge in [0.15, 0.2) is 0 Å². The number of oxime groups is 1. The molecule has 0 bridgehead atoms. The molecule has 1 aliphatic heterocycles. The van der Waals surface area contributed by atoms with Crippen LogP contribution in [0, 0.1) is 5.41 Å². The predicted octanol–water partition coefficient (Wildman–Crippen LogP) is 1.98. The Balaban J connectivity index is 2.07. The molecule has 0 aliphatic carbocycles. The molecule has 106 valence electrons. The number of hydrogen-bond donors (Lipinski definition) is 3. The van der Waals surface area contributed by atoms with Crippen molar-refractivity contribution in [2.24, 2.45) is 16.3 Å². The van der Waals surface area contributed by atoms with Gasteiger partial charge in [0.1, 0.15) is 5.84 Å². The number of nitrogens with zero attached hydrogens (tertiary/aromatic N) is 1. The molecule has 0 aromatic carbocycles. The highest BCUT2D eigenvalue weighted by atomic mass is 32.2. The molecular weight excluding hydrogens is 266 g/mol. The molecule has 1 rings (SSSR count). The fraction of sp³-hybridized carbons (Fsp3) is 0.917. The van der Waals surface area contributed by atoms with E-state index in [1.165, 1.54) is 17.3 Å². The van der Waals surface area contributed by atoms with Gasteiger partial charge in [-0.05, 0) is 19.4 Å². The van der Waals surface area contributed by atoms with Gasteiger partial charge in [0, 0.05) is 34.5 Å². The molecule has 1 atom stereocenters. The molecule has 4 nitrogen and oxygen atoms in total. The van der Waals surface area contributed by atoms with E-state index in [0.717, 1.165) is 31.2 Å². The monoisotopic (exact) mass is 291 g/mol. The van der Waals surface area contributed by atoms with E-state index < -0.39 is 0 Å². The van der Waals surface area contributed by atoms with Crippen molar-refractivity contribution in [3.8, 4) is 0 Å². The third kappa shape index (κ3) is 5.71. The molecule has 0 amide bonds. The van der Waals surface area contributed by atoms with Gasteiger partial charge in [-0.2, -0.15) is 23.5 Å². The van der Waals surface area contributed by atoms with Crippen LogP contribution in [0.2, 0.25) is 0 Å². The summed E-state index contributed by atoms with van der Waals surface area (Å²) >= 11 is 4.14. The van der Waals surface area contributed by atoms with Crippen LogP contribution in [0.4, 0.5) is 0 Å². The Labute approximate surface area is 119 Å². The normalized spacial score (nSPS) is 22.1. The lowest BCUT2D eigenvalue weighted by molar-refractivity contribution is 0.304. The SMILES string of the molecule is CC(C)(CCCNCC1CSCCS1)C(N)=NO. The van der Waals surface area contributed by atoms with Crippen molar-refractivity contribution in [1.29, 1.82) is 0 Å². The van der Waals surface area contributed by atoms with Crippen LogP contribution >= 0.6 is 23.5 Å². The summed E-state index contributed by atoms with van der Waals surface area (Å²) < 4.78 is 0. The molecule has 1 heterocycles. The second-order valence-electron chi connectivity index (χ2n) is 5.24. The van der Waals surface area contributed by atoms with E-state index >= 15 is 0 Å². The second-order valence-corrected chi connectivity index (χ2v) is 7.80. The minimum atomic E-state index is -0.216. The third-order valence-electron chi connectivity index (χ3n) is 3.21. The summed E-state index contributed by atoms with van der Waals surface area (Å²) in [6.45, 7) is 6.12. The van der Waals surface area contributed by atoms with Crippen LogP contribution in [0.15, 0.2) is 5.16 Å². The van der Waals surface area contributed by atoms with Crippen LogP contribution in [-0.2, 0) is 0 Å². The Bertz CT molecular complexity index is 266. The molecular formula is C12H25N3OS2. The zero-order chi connectivity index (χ0) is 13.4. The maximum Gasteiger partial charge on any atom is 0.144 e. The van der Waals surface area contributed by atoms with Crippen LogP contribution in [-0.4, -0.2) is 46.6 Å². The molecule has 4 N–H and O–H groups in total. The van der Waals surface area contributed by atoms with E-state index in [-0.39, 0.29) is 5.41 Å². The van der Waals surface area contributed by atoms with Crippen molar-refractivity contribution < 1.29 is 5.21 Å². The average Bonchev–Trinajstić information content (AvgIpc) is 2.38. The van der Waals surface area contributed by atoms with E-state index in [1.54, 1.807) is 0 Å². The molecule has 0 saturated carbocycles. The molecule has 1 saturated heterocycles. The molecule has 6 heteroatoms. The lowest BCUT2D eigenvalue weighted by Crippen LogP contribution is -2.34. The third-order valence-corrected chi connectivity index (χ3v) is 6.06. The first-order chi connectivity index (χ1) is 8.56. The van der Waals surface area contributed by atoms with Crippen molar-refractivity contribution in [2.75, 3.05) is 30.3 Å². The van der Waals surface area contributed by atoms with Crippen molar-refractivity contribution in [3.63, 3.8) is 0 Å². The summed E-state index contributed by atoms with van der Waals surface area (Å²) in [4.78, 5) is 0. The zero-order valence-electron chi connectivity index (χ0n) is 11.3. The quantitative estimate of drug-likeness (QED) is 0.220. The molecule has 0 aromatic rings. The fourth-order valence-electron chi connectivity index (χ4n) is 1.84. The van der Waals surface area contributed by atoms with E-state index in [4.69, 9.17) is 10.9 Å². The lowest BCUT2D eigenvalue weighted by atomic mass is 9.86. The zero-order valence-corrected chi connectivity index (χ0v) is 12.9. The maximum atomic E-state index is 8.69. The van der Waals surface area contributed by atoms with Gasteiger partial charge in [0.05, 0.1) is 0 Å². The van der Waals surface area contributed by atoms with Crippen molar-refractivity contribution >= 4 is 29.4 Å². The van der Waals surface area contributed by atoms with Gasteiger partial charge in [-0.3, -0.25) is 0 Å². The van der Waals surface area contributed by atoms with E-state index in [1.807, 2.05) is 13.8 Å². The number of thioether (sulfide) groups is 2. The van der Waals surface area contributed by atoms with Gasteiger partial charge in [-0.25, -0.2) is 0 Å². The van der Waals surface area contributed by atoms with Crippen molar-refractivity contribution in [2.45, 2.75) is 31.9 Å². The first-order valence-electron chi connectivity index (χ1n) is 6.44. The standard InChI is InChI=1S/C12H25N3OS2/c1-12(2,11(13)15-16)4-3-5-14-8-10-9-17-6-7-18-10/h10,14,16H,3-9H2,1-2H3,(H2,13,15). The molecule has 0 spiro atoms. The number of amidine groups is 1. The number of rotatable bonds is 7. The summed E-state index contributed by atoms with van der Waals surface area (Å²) in [5.41, 5.74) is 5.44. The Morgan fingerprint density at radius 3 is 2.89 bits per heavy atom. The predicted molar refractivity (Wildman–Crippen MR) is 82.9 cm³/mol. The first-order valence-corrected chi connectivity index (χ1v) is 8.64. The Hall–Kier alpha value is -0.0700. The number of hydrogen-bond acceptors (Lipinski definition) is 5. The lowest BCUT2D eigenvalue weighted by Gasteiger charge is -2.24. The van der Waals surface area contributed by atoms with Gasteiger partial charge in [-0.15, -0.1) is 0 Å².